The number of aromatic nitrogens is 2. The minimum atomic E-state index is -0.0695. The number of methoxy groups -OCH3 is 1. The summed E-state index contributed by atoms with van der Waals surface area (Å²) in [4.78, 5) is 16.2. The fraction of sp³-hybridized carbons (Fsp3) is 0.391. The monoisotopic (exact) mass is 429 g/mol. The van der Waals surface area contributed by atoms with Gasteiger partial charge in [-0.15, -0.1) is 0 Å². The minimum absolute atomic E-state index is 0.0695. The fourth-order valence-corrected chi connectivity index (χ4v) is 3.47. The third kappa shape index (κ3) is 6.47. The molecular weight excluding hydrogens is 402 g/mol. The molecule has 30 heavy (non-hydrogen) atoms. The molecule has 0 bridgehead atoms. The van der Waals surface area contributed by atoms with Crippen molar-refractivity contribution in [2.75, 3.05) is 26.9 Å². The smallest absolute Gasteiger partial charge is 0.245 e. The Balaban J connectivity index is 1.52. The molecule has 3 rings (SSSR count). The van der Waals surface area contributed by atoms with Gasteiger partial charge < -0.3 is 19.4 Å². The largest absolute Gasteiger partial charge is 0.492 e. The van der Waals surface area contributed by atoms with Crippen molar-refractivity contribution >= 4 is 28.5 Å². The predicted molar refractivity (Wildman–Crippen MR) is 119 cm³/mol. The second kappa shape index (κ2) is 11.6. The van der Waals surface area contributed by atoms with Crippen molar-refractivity contribution in [3.8, 4) is 5.75 Å². The van der Waals surface area contributed by atoms with Crippen LogP contribution in [0.2, 0.25) is 5.02 Å². The molecule has 0 fully saturated rings. The molecule has 1 aromatic heterocycles. The van der Waals surface area contributed by atoms with Crippen LogP contribution in [-0.2, 0) is 22.5 Å². The number of amides is 1. The van der Waals surface area contributed by atoms with Gasteiger partial charge in [0.1, 0.15) is 24.8 Å². The molecule has 7 heteroatoms. The van der Waals surface area contributed by atoms with Gasteiger partial charge >= 0.3 is 0 Å². The number of para-hydroxylation sites is 2. The van der Waals surface area contributed by atoms with Crippen molar-refractivity contribution in [2.45, 2.75) is 32.2 Å². The standard InChI is InChI=1S/C23H28ClN3O3/c1-29-17-23(28)25-14-6-2-3-9-22-26-20-7-4-5-8-21(20)27(22)15-16-30-19-12-10-18(24)11-13-19/h4-5,7-8,10-13H,2-3,6,9,14-17H2,1H3,(H,25,28). The molecule has 0 aliphatic carbocycles. The van der Waals surface area contributed by atoms with Crippen molar-refractivity contribution in [3.05, 3.63) is 59.4 Å². The Bertz CT molecular complexity index is 941. The highest BCUT2D eigenvalue weighted by molar-refractivity contribution is 6.30. The zero-order chi connectivity index (χ0) is 21.2. The lowest BCUT2D eigenvalue weighted by Gasteiger charge is -2.11. The number of fused-ring (bicyclic) bond motifs is 1. The van der Waals surface area contributed by atoms with E-state index in [1.54, 1.807) is 0 Å². The number of nitrogens with zero attached hydrogens (tertiary/aromatic N) is 2. The molecule has 6 nitrogen and oxygen atoms in total. The van der Waals surface area contributed by atoms with Gasteiger partial charge in [0.05, 0.1) is 17.6 Å². The van der Waals surface area contributed by atoms with E-state index >= 15 is 0 Å². The number of halogens is 1. The Labute approximate surface area is 182 Å². The highest BCUT2D eigenvalue weighted by atomic mass is 35.5. The summed E-state index contributed by atoms with van der Waals surface area (Å²) in [5.74, 6) is 1.81. The third-order valence-electron chi connectivity index (χ3n) is 4.81. The normalized spacial score (nSPS) is 11.0. The summed E-state index contributed by atoms with van der Waals surface area (Å²) in [6.07, 6.45) is 3.87. The van der Waals surface area contributed by atoms with E-state index in [4.69, 9.17) is 26.1 Å². The van der Waals surface area contributed by atoms with E-state index in [1.165, 1.54) is 7.11 Å². The number of aryl methyl sites for hydroxylation is 1. The van der Waals surface area contributed by atoms with Crippen molar-refractivity contribution in [2.24, 2.45) is 0 Å². The summed E-state index contributed by atoms with van der Waals surface area (Å²) in [6.45, 7) is 2.07. The quantitative estimate of drug-likeness (QED) is 0.437. The zero-order valence-corrected chi connectivity index (χ0v) is 18.0. The van der Waals surface area contributed by atoms with Gasteiger partial charge in [-0.3, -0.25) is 4.79 Å². The topological polar surface area (TPSA) is 65.4 Å². The fourth-order valence-electron chi connectivity index (χ4n) is 3.35. The summed E-state index contributed by atoms with van der Waals surface area (Å²) < 4.78 is 12.9. The van der Waals surface area contributed by atoms with Crippen LogP contribution in [0.15, 0.2) is 48.5 Å². The maximum absolute atomic E-state index is 11.4. The van der Waals surface area contributed by atoms with E-state index in [0.29, 0.717) is 18.2 Å². The molecule has 1 heterocycles. The molecule has 0 unspecified atom stereocenters. The van der Waals surface area contributed by atoms with Crippen LogP contribution in [0.25, 0.3) is 11.0 Å². The average Bonchev–Trinajstić information content (AvgIpc) is 3.10. The van der Waals surface area contributed by atoms with Gasteiger partial charge in [0.2, 0.25) is 5.91 Å². The highest BCUT2D eigenvalue weighted by Crippen LogP contribution is 2.19. The molecule has 0 saturated carbocycles. The third-order valence-corrected chi connectivity index (χ3v) is 5.06. The number of ether oxygens (including phenoxy) is 2. The summed E-state index contributed by atoms with van der Waals surface area (Å²) >= 11 is 5.93. The average molecular weight is 430 g/mol. The van der Waals surface area contributed by atoms with Crippen molar-refractivity contribution < 1.29 is 14.3 Å². The first-order valence-corrected chi connectivity index (χ1v) is 10.6. The van der Waals surface area contributed by atoms with Crippen LogP contribution in [0.5, 0.6) is 5.75 Å². The van der Waals surface area contributed by atoms with Crippen molar-refractivity contribution in [3.63, 3.8) is 0 Å². The summed E-state index contributed by atoms with van der Waals surface area (Å²) in [6, 6.07) is 15.6. The van der Waals surface area contributed by atoms with Crippen LogP contribution in [0.1, 0.15) is 25.1 Å². The first-order chi connectivity index (χ1) is 14.7. The molecule has 1 amide bonds. The number of hydrogen-bond donors (Lipinski definition) is 1. The van der Waals surface area contributed by atoms with Crippen LogP contribution in [-0.4, -0.2) is 42.3 Å². The van der Waals surface area contributed by atoms with E-state index in [2.05, 4.69) is 16.0 Å². The Morgan fingerprint density at radius 3 is 2.70 bits per heavy atom. The SMILES string of the molecule is COCC(=O)NCCCCCc1nc2ccccc2n1CCOc1ccc(Cl)cc1. The van der Waals surface area contributed by atoms with Gasteiger partial charge in [0.15, 0.2) is 0 Å². The Kier molecular flexibility index (Phi) is 8.53. The first kappa shape index (κ1) is 22.1. The number of imidazole rings is 1. The van der Waals surface area contributed by atoms with Gasteiger partial charge in [-0.05, 0) is 49.2 Å². The number of carbonyl (C=O) groups excluding carboxylic acids is 1. The number of unbranched alkanes of at least 4 members (excludes halogenated alkanes) is 2. The number of nitrogens with one attached hydrogen (secondary N) is 1. The molecule has 1 N–H and O–H groups in total. The number of hydrogen-bond acceptors (Lipinski definition) is 4. The lowest BCUT2D eigenvalue weighted by atomic mass is 10.2. The van der Waals surface area contributed by atoms with Crippen LogP contribution < -0.4 is 10.1 Å². The Hall–Kier alpha value is -2.57. The molecule has 0 saturated heterocycles. The van der Waals surface area contributed by atoms with Gasteiger partial charge in [-0.2, -0.15) is 0 Å². The summed E-state index contributed by atoms with van der Waals surface area (Å²) in [5, 5.41) is 3.55. The van der Waals surface area contributed by atoms with Gasteiger partial charge in [-0.1, -0.05) is 30.2 Å². The van der Waals surface area contributed by atoms with E-state index in [-0.39, 0.29) is 12.5 Å². The lowest BCUT2D eigenvalue weighted by molar-refractivity contribution is -0.124. The maximum atomic E-state index is 11.4. The van der Waals surface area contributed by atoms with E-state index in [1.807, 2.05) is 42.5 Å². The van der Waals surface area contributed by atoms with E-state index < -0.39 is 0 Å². The van der Waals surface area contributed by atoms with Crippen molar-refractivity contribution in [1.29, 1.82) is 0 Å². The van der Waals surface area contributed by atoms with E-state index in [0.717, 1.165) is 54.8 Å². The van der Waals surface area contributed by atoms with Gasteiger partial charge in [0.25, 0.3) is 0 Å². The van der Waals surface area contributed by atoms with Crippen molar-refractivity contribution in [1.82, 2.24) is 14.9 Å². The second-order valence-electron chi connectivity index (χ2n) is 7.06. The molecule has 0 spiro atoms. The van der Waals surface area contributed by atoms with Crippen LogP contribution in [0.4, 0.5) is 0 Å². The van der Waals surface area contributed by atoms with Crippen LogP contribution >= 0.6 is 11.6 Å². The molecule has 3 aromatic rings. The molecule has 0 radical (unpaired) electrons. The van der Waals surface area contributed by atoms with E-state index in [9.17, 15) is 4.79 Å². The first-order valence-electron chi connectivity index (χ1n) is 10.3. The number of benzene rings is 2. The second-order valence-corrected chi connectivity index (χ2v) is 7.50. The number of carbonyl (C=O) groups is 1. The van der Waals surface area contributed by atoms with Crippen LogP contribution in [0.3, 0.4) is 0 Å². The minimum Gasteiger partial charge on any atom is -0.492 e. The molecule has 160 valence electrons. The summed E-state index contributed by atoms with van der Waals surface area (Å²) in [7, 11) is 1.52. The molecule has 0 atom stereocenters. The molecular formula is C23H28ClN3O3. The lowest BCUT2D eigenvalue weighted by Crippen LogP contribution is -2.27. The zero-order valence-electron chi connectivity index (χ0n) is 17.3. The molecule has 2 aromatic carbocycles. The Morgan fingerprint density at radius 1 is 1.10 bits per heavy atom. The van der Waals surface area contributed by atoms with Gasteiger partial charge in [-0.25, -0.2) is 4.98 Å². The van der Waals surface area contributed by atoms with Gasteiger partial charge in [0, 0.05) is 25.1 Å². The molecule has 0 aliphatic rings. The molecule has 0 aliphatic heterocycles. The number of rotatable bonds is 12. The van der Waals surface area contributed by atoms with Crippen LogP contribution in [0, 0.1) is 0 Å². The Morgan fingerprint density at radius 2 is 1.90 bits per heavy atom. The summed E-state index contributed by atoms with van der Waals surface area (Å²) in [5.41, 5.74) is 2.13. The predicted octanol–water partition coefficient (Wildman–Crippen LogP) is 4.24. The highest BCUT2D eigenvalue weighted by Gasteiger charge is 2.10. The maximum Gasteiger partial charge on any atom is 0.245 e.